The molecule has 18 heavy (non-hydrogen) atoms. The molecule has 1 heterocycles. The summed E-state index contributed by atoms with van der Waals surface area (Å²) >= 11 is 0. The molecule has 1 aliphatic heterocycles. The molecule has 0 saturated carbocycles. The van der Waals surface area contributed by atoms with Gasteiger partial charge in [-0.3, -0.25) is 0 Å². The van der Waals surface area contributed by atoms with E-state index in [1.165, 1.54) is 5.69 Å². The molecule has 1 aliphatic rings. The second kappa shape index (κ2) is 8.46. The number of para-hydroxylation sites is 2. The topological polar surface area (TPSA) is 15.7 Å². The number of hydrogen-bond acceptors (Lipinski definition) is 3. The van der Waals surface area contributed by atoms with Crippen molar-refractivity contribution < 1.29 is 4.74 Å². The van der Waals surface area contributed by atoms with E-state index < -0.39 is 0 Å². The van der Waals surface area contributed by atoms with Gasteiger partial charge in [-0.25, -0.2) is 0 Å². The zero-order valence-electron chi connectivity index (χ0n) is 11.0. The molecule has 3 nitrogen and oxygen atoms in total. The summed E-state index contributed by atoms with van der Waals surface area (Å²) in [4.78, 5) is 4.89. The Kier molecular flexibility index (Phi) is 8.16. The van der Waals surface area contributed by atoms with Gasteiger partial charge in [-0.15, -0.1) is 24.8 Å². The van der Waals surface area contributed by atoms with Crippen LogP contribution in [0, 0.1) is 0 Å². The zero-order valence-corrected chi connectivity index (χ0v) is 12.6. The van der Waals surface area contributed by atoms with Crippen molar-refractivity contribution in [2.24, 2.45) is 0 Å². The number of methoxy groups -OCH3 is 1. The minimum absolute atomic E-state index is 0. The van der Waals surface area contributed by atoms with Crippen LogP contribution in [0.1, 0.15) is 6.92 Å². The van der Waals surface area contributed by atoms with Gasteiger partial charge in [0.1, 0.15) is 5.75 Å². The summed E-state index contributed by atoms with van der Waals surface area (Å²) in [6, 6.07) is 8.26. The van der Waals surface area contributed by atoms with E-state index in [0.717, 1.165) is 38.5 Å². The van der Waals surface area contributed by atoms with Crippen LogP contribution in [0.4, 0.5) is 5.69 Å². The smallest absolute Gasteiger partial charge is 0.142 e. The largest absolute Gasteiger partial charge is 0.495 e. The van der Waals surface area contributed by atoms with E-state index in [9.17, 15) is 0 Å². The van der Waals surface area contributed by atoms with Crippen molar-refractivity contribution >= 4 is 30.5 Å². The molecule has 0 unspecified atom stereocenters. The summed E-state index contributed by atoms with van der Waals surface area (Å²) in [6.45, 7) is 7.85. The third kappa shape index (κ3) is 3.94. The van der Waals surface area contributed by atoms with Crippen molar-refractivity contribution in [2.45, 2.75) is 6.92 Å². The van der Waals surface area contributed by atoms with E-state index in [2.05, 4.69) is 28.9 Å². The Labute approximate surface area is 122 Å². The molecular formula is C13H22Cl2N2O. The molecule has 2 rings (SSSR count). The number of piperazine rings is 1. The van der Waals surface area contributed by atoms with E-state index >= 15 is 0 Å². The summed E-state index contributed by atoms with van der Waals surface area (Å²) in [5.74, 6) is 0.979. The van der Waals surface area contributed by atoms with Crippen molar-refractivity contribution in [1.82, 2.24) is 4.90 Å². The lowest BCUT2D eigenvalue weighted by molar-refractivity contribution is 0.270. The van der Waals surface area contributed by atoms with Gasteiger partial charge in [0, 0.05) is 26.2 Å². The Hall–Kier alpha value is -0.640. The lowest BCUT2D eigenvalue weighted by Gasteiger charge is -2.36. The number of benzene rings is 1. The number of hydrogen-bond donors (Lipinski definition) is 0. The number of nitrogens with zero attached hydrogens (tertiary/aromatic N) is 2. The zero-order chi connectivity index (χ0) is 11.4. The molecule has 1 aromatic rings. The highest BCUT2D eigenvalue weighted by atomic mass is 35.5. The summed E-state index contributed by atoms with van der Waals surface area (Å²) in [5, 5.41) is 0. The molecule has 0 spiro atoms. The number of likely N-dealkylation sites (N-methyl/N-ethyl adjacent to an activating group) is 1. The van der Waals surface area contributed by atoms with Crippen LogP contribution < -0.4 is 9.64 Å². The van der Waals surface area contributed by atoms with Gasteiger partial charge in [-0.2, -0.15) is 0 Å². The predicted octanol–water partition coefficient (Wildman–Crippen LogP) is 2.68. The Morgan fingerprint density at radius 2 is 1.67 bits per heavy atom. The molecule has 104 valence electrons. The Balaban J connectivity index is 0.00000144. The van der Waals surface area contributed by atoms with Gasteiger partial charge in [0.15, 0.2) is 0 Å². The molecule has 0 amide bonds. The third-order valence-corrected chi connectivity index (χ3v) is 3.25. The van der Waals surface area contributed by atoms with Crippen LogP contribution in [0.25, 0.3) is 0 Å². The van der Waals surface area contributed by atoms with Crippen molar-refractivity contribution in [3.63, 3.8) is 0 Å². The Morgan fingerprint density at radius 3 is 2.22 bits per heavy atom. The second-order valence-corrected chi connectivity index (χ2v) is 4.09. The van der Waals surface area contributed by atoms with Crippen LogP contribution >= 0.6 is 24.8 Å². The molecule has 0 bridgehead atoms. The molecule has 1 fully saturated rings. The van der Waals surface area contributed by atoms with Crippen molar-refractivity contribution in [2.75, 3.05) is 44.7 Å². The average molecular weight is 293 g/mol. The average Bonchev–Trinajstić information content (AvgIpc) is 2.39. The van der Waals surface area contributed by atoms with Crippen LogP contribution in [0.3, 0.4) is 0 Å². The van der Waals surface area contributed by atoms with Crippen LogP contribution in [-0.2, 0) is 0 Å². The van der Waals surface area contributed by atoms with Crippen LogP contribution in [-0.4, -0.2) is 44.7 Å². The molecule has 0 aliphatic carbocycles. The van der Waals surface area contributed by atoms with E-state index in [1.807, 2.05) is 12.1 Å². The fourth-order valence-electron chi connectivity index (χ4n) is 2.20. The first-order valence-electron chi connectivity index (χ1n) is 5.95. The summed E-state index contributed by atoms with van der Waals surface area (Å²) in [5.41, 5.74) is 1.22. The summed E-state index contributed by atoms with van der Waals surface area (Å²) in [7, 11) is 1.74. The molecule has 1 aromatic carbocycles. The van der Waals surface area contributed by atoms with Gasteiger partial charge < -0.3 is 14.5 Å². The fraction of sp³-hybridized carbons (Fsp3) is 0.538. The SMILES string of the molecule is CCN1CCN(c2ccccc2OC)CC1.Cl.Cl. The first kappa shape index (κ1) is 17.4. The molecule has 0 N–H and O–H groups in total. The molecule has 0 atom stereocenters. The van der Waals surface area contributed by atoms with Gasteiger partial charge in [0.25, 0.3) is 0 Å². The molecular weight excluding hydrogens is 271 g/mol. The highest BCUT2D eigenvalue weighted by molar-refractivity contribution is 5.85. The third-order valence-electron chi connectivity index (χ3n) is 3.25. The highest BCUT2D eigenvalue weighted by Gasteiger charge is 2.17. The van der Waals surface area contributed by atoms with Gasteiger partial charge in [-0.05, 0) is 18.7 Å². The van der Waals surface area contributed by atoms with Crippen molar-refractivity contribution in [1.29, 1.82) is 0 Å². The maximum absolute atomic E-state index is 5.40. The fourth-order valence-corrected chi connectivity index (χ4v) is 2.20. The van der Waals surface area contributed by atoms with Gasteiger partial charge in [-0.1, -0.05) is 19.1 Å². The molecule has 0 radical (unpaired) electrons. The van der Waals surface area contributed by atoms with Crippen LogP contribution in [0.5, 0.6) is 5.75 Å². The minimum atomic E-state index is 0. The monoisotopic (exact) mass is 292 g/mol. The predicted molar refractivity (Wildman–Crippen MR) is 81.8 cm³/mol. The standard InChI is InChI=1S/C13H20N2O.2ClH/c1-3-14-8-10-15(11-9-14)12-6-4-5-7-13(12)16-2;;/h4-7H,3,8-11H2,1-2H3;2*1H. The first-order chi connectivity index (χ1) is 7.85. The number of ether oxygens (including phenoxy) is 1. The van der Waals surface area contributed by atoms with E-state index in [0.29, 0.717) is 0 Å². The second-order valence-electron chi connectivity index (χ2n) is 4.09. The van der Waals surface area contributed by atoms with Crippen molar-refractivity contribution in [3.8, 4) is 5.75 Å². The lowest BCUT2D eigenvalue weighted by Crippen LogP contribution is -2.46. The number of rotatable bonds is 3. The Morgan fingerprint density at radius 1 is 1.06 bits per heavy atom. The Bertz CT molecular complexity index is 342. The lowest BCUT2D eigenvalue weighted by atomic mass is 10.2. The first-order valence-corrected chi connectivity index (χ1v) is 5.95. The highest BCUT2D eigenvalue weighted by Crippen LogP contribution is 2.28. The van der Waals surface area contributed by atoms with Gasteiger partial charge in [0.05, 0.1) is 12.8 Å². The van der Waals surface area contributed by atoms with Gasteiger partial charge in [0.2, 0.25) is 0 Å². The minimum Gasteiger partial charge on any atom is -0.495 e. The summed E-state index contributed by atoms with van der Waals surface area (Å²) < 4.78 is 5.40. The quantitative estimate of drug-likeness (QED) is 0.852. The van der Waals surface area contributed by atoms with E-state index in [-0.39, 0.29) is 24.8 Å². The van der Waals surface area contributed by atoms with Crippen LogP contribution in [0.2, 0.25) is 0 Å². The molecule has 5 heteroatoms. The molecule has 1 saturated heterocycles. The van der Waals surface area contributed by atoms with E-state index in [4.69, 9.17) is 4.74 Å². The van der Waals surface area contributed by atoms with Crippen LogP contribution in [0.15, 0.2) is 24.3 Å². The maximum atomic E-state index is 5.40. The normalized spacial score (nSPS) is 15.6. The molecule has 0 aromatic heterocycles. The number of halogens is 2. The maximum Gasteiger partial charge on any atom is 0.142 e. The van der Waals surface area contributed by atoms with Gasteiger partial charge >= 0.3 is 0 Å². The van der Waals surface area contributed by atoms with E-state index in [1.54, 1.807) is 7.11 Å². The van der Waals surface area contributed by atoms with Crippen molar-refractivity contribution in [3.05, 3.63) is 24.3 Å². The number of anilines is 1. The summed E-state index contributed by atoms with van der Waals surface area (Å²) in [6.07, 6.45) is 0.